The highest BCUT2D eigenvalue weighted by molar-refractivity contribution is 7.22. The smallest absolute Gasteiger partial charge is 0.319 e. The minimum atomic E-state index is -0.217. The number of fused-ring (bicyclic) bond motifs is 1. The Balaban J connectivity index is 1.31. The molecule has 0 spiro atoms. The minimum Gasteiger partial charge on any atom is -0.460 e. The van der Waals surface area contributed by atoms with Crippen LogP contribution in [-0.2, 0) is 16.1 Å². The molecule has 0 bridgehead atoms. The Morgan fingerprint density at radius 2 is 2.00 bits per heavy atom. The van der Waals surface area contributed by atoms with Gasteiger partial charge in [-0.2, -0.15) is 15.0 Å². The Labute approximate surface area is 191 Å². The Morgan fingerprint density at radius 3 is 2.81 bits per heavy atom. The number of benzene rings is 1. The van der Waals surface area contributed by atoms with Crippen molar-refractivity contribution in [2.24, 2.45) is 0 Å². The largest absolute Gasteiger partial charge is 0.460 e. The third kappa shape index (κ3) is 4.54. The number of nitrogens with one attached hydrogen (secondary N) is 1. The van der Waals surface area contributed by atoms with Crippen LogP contribution >= 0.6 is 11.3 Å². The van der Waals surface area contributed by atoms with Gasteiger partial charge in [-0.15, -0.1) is 0 Å². The Hall–Kier alpha value is -2.78. The lowest BCUT2D eigenvalue weighted by Gasteiger charge is -2.23. The maximum absolute atomic E-state index is 12.9. The summed E-state index contributed by atoms with van der Waals surface area (Å²) in [7, 11) is 0. The fraction of sp³-hybridized carbons (Fsp3) is 0.478. The number of thiazole rings is 1. The van der Waals surface area contributed by atoms with E-state index in [4.69, 9.17) is 14.5 Å². The third-order valence-electron chi connectivity index (χ3n) is 5.94. The standard InChI is InChI=1S/C23H27N5O3S/c1-15-19-20(26-22(25-15)31-17-9-12-30-13-10-17)27-23(32-19)28-11-5-8-18(28)21(29)24-14-16-6-3-2-4-7-16/h2-4,6-7,17-18H,5,8-14H2,1H3,(H,24,29)/t18-/m1/s1. The highest BCUT2D eigenvalue weighted by atomic mass is 32.1. The molecule has 1 aromatic carbocycles. The van der Waals surface area contributed by atoms with Crippen molar-refractivity contribution >= 4 is 32.7 Å². The van der Waals surface area contributed by atoms with Crippen molar-refractivity contribution in [1.29, 1.82) is 0 Å². The van der Waals surface area contributed by atoms with Gasteiger partial charge in [0.2, 0.25) is 5.91 Å². The van der Waals surface area contributed by atoms with Crippen molar-refractivity contribution in [3.63, 3.8) is 0 Å². The summed E-state index contributed by atoms with van der Waals surface area (Å²) in [6.45, 7) is 4.70. The van der Waals surface area contributed by atoms with Crippen LogP contribution in [0.2, 0.25) is 0 Å². The second-order valence-corrected chi connectivity index (χ2v) is 9.20. The lowest BCUT2D eigenvalue weighted by atomic mass is 10.2. The summed E-state index contributed by atoms with van der Waals surface area (Å²) in [4.78, 5) is 28.9. The van der Waals surface area contributed by atoms with Crippen LogP contribution in [-0.4, -0.2) is 52.8 Å². The van der Waals surface area contributed by atoms with E-state index < -0.39 is 0 Å². The first-order valence-corrected chi connectivity index (χ1v) is 12.0. The molecule has 5 rings (SSSR count). The molecule has 2 saturated heterocycles. The molecule has 0 radical (unpaired) electrons. The summed E-state index contributed by atoms with van der Waals surface area (Å²) < 4.78 is 12.3. The van der Waals surface area contributed by atoms with Gasteiger partial charge in [-0.1, -0.05) is 41.7 Å². The molecule has 168 valence electrons. The molecule has 9 heteroatoms. The monoisotopic (exact) mass is 453 g/mol. The van der Waals surface area contributed by atoms with Crippen LogP contribution in [0.15, 0.2) is 30.3 Å². The van der Waals surface area contributed by atoms with E-state index in [1.54, 1.807) is 11.3 Å². The van der Waals surface area contributed by atoms with Gasteiger partial charge in [0.25, 0.3) is 0 Å². The van der Waals surface area contributed by atoms with Gasteiger partial charge in [-0.3, -0.25) is 4.79 Å². The van der Waals surface area contributed by atoms with Gasteiger partial charge in [0.05, 0.1) is 23.6 Å². The fourth-order valence-electron chi connectivity index (χ4n) is 4.21. The first-order chi connectivity index (χ1) is 15.7. The summed E-state index contributed by atoms with van der Waals surface area (Å²) in [5.41, 5.74) is 2.58. The molecule has 2 fully saturated rings. The van der Waals surface area contributed by atoms with E-state index in [1.807, 2.05) is 37.3 Å². The van der Waals surface area contributed by atoms with Crippen LogP contribution in [0.5, 0.6) is 6.01 Å². The lowest BCUT2D eigenvalue weighted by Crippen LogP contribution is -2.43. The van der Waals surface area contributed by atoms with E-state index >= 15 is 0 Å². The molecule has 1 atom stereocenters. The molecule has 1 N–H and O–H groups in total. The van der Waals surface area contributed by atoms with Crippen molar-refractivity contribution in [1.82, 2.24) is 20.3 Å². The van der Waals surface area contributed by atoms with Gasteiger partial charge in [-0.05, 0) is 25.3 Å². The molecule has 0 unspecified atom stereocenters. The molecule has 4 heterocycles. The number of amides is 1. The fourth-order valence-corrected chi connectivity index (χ4v) is 5.24. The van der Waals surface area contributed by atoms with Gasteiger partial charge in [0.1, 0.15) is 12.1 Å². The molecular formula is C23H27N5O3S. The number of carbonyl (C=O) groups excluding carboxylic acids is 1. The van der Waals surface area contributed by atoms with E-state index in [2.05, 4.69) is 20.2 Å². The highest BCUT2D eigenvalue weighted by Gasteiger charge is 2.33. The topological polar surface area (TPSA) is 89.5 Å². The molecule has 32 heavy (non-hydrogen) atoms. The minimum absolute atomic E-state index is 0.0388. The first kappa shape index (κ1) is 21.1. The van der Waals surface area contributed by atoms with Gasteiger partial charge in [0, 0.05) is 25.9 Å². The molecule has 8 nitrogen and oxygen atoms in total. The molecule has 0 aliphatic carbocycles. The zero-order chi connectivity index (χ0) is 21.9. The molecule has 2 aliphatic heterocycles. The van der Waals surface area contributed by atoms with Crippen molar-refractivity contribution in [2.75, 3.05) is 24.7 Å². The highest BCUT2D eigenvalue weighted by Crippen LogP contribution is 2.34. The van der Waals surface area contributed by atoms with Gasteiger partial charge >= 0.3 is 6.01 Å². The Morgan fingerprint density at radius 1 is 1.19 bits per heavy atom. The van der Waals surface area contributed by atoms with Crippen molar-refractivity contribution in [2.45, 2.75) is 51.3 Å². The summed E-state index contributed by atoms with van der Waals surface area (Å²) in [6, 6.07) is 10.1. The first-order valence-electron chi connectivity index (χ1n) is 11.2. The van der Waals surface area contributed by atoms with Crippen LogP contribution in [0, 0.1) is 6.92 Å². The molecule has 3 aromatic rings. The van der Waals surface area contributed by atoms with Crippen LogP contribution in [0.25, 0.3) is 10.3 Å². The average Bonchev–Trinajstić information content (AvgIpc) is 3.46. The van der Waals surface area contributed by atoms with Crippen molar-refractivity contribution in [3.05, 3.63) is 41.6 Å². The SMILES string of the molecule is Cc1nc(OC2CCOCC2)nc2nc(N3CCC[C@@H]3C(=O)NCc3ccccc3)sc12. The van der Waals surface area contributed by atoms with Crippen molar-refractivity contribution in [3.8, 4) is 6.01 Å². The van der Waals surface area contributed by atoms with Gasteiger partial charge in [0.15, 0.2) is 10.8 Å². The third-order valence-corrected chi connectivity index (χ3v) is 7.13. The number of ether oxygens (including phenoxy) is 2. The van der Waals surface area contributed by atoms with E-state index in [0.29, 0.717) is 31.4 Å². The molecule has 2 aliphatic rings. The number of hydrogen-bond acceptors (Lipinski definition) is 8. The maximum Gasteiger partial charge on any atom is 0.319 e. The second kappa shape index (κ2) is 9.38. The Kier molecular flexibility index (Phi) is 6.18. The summed E-state index contributed by atoms with van der Waals surface area (Å²) in [6.07, 6.45) is 3.55. The van der Waals surface area contributed by atoms with E-state index in [0.717, 1.165) is 53.3 Å². The molecule has 2 aromatic heterocycles. The van der Waals surface area contributed by atoms with E-state index in [-0.39, 0.29) is 18.1 Å². The van der Waals surface area contributed by atoms with Crippen LogP contribution in [0.3, 0.4) is 0 Å². The number of aryl methyl sites for hydroxylation is 1. The van der Waals surface area contributed by atoms with E-state index in [9.17, 15) is 4.79 Å². The van der Waals surface area contributed by atoms with Crippen LogP contribution in [0.4, 0.5) is 5.13 Å². The molecule has 0 saturated carbocycles. The number of anilines is 1. The summed E-state index contributed by atoms with van der Waals surface area (Å²) >= 11 is 1.55. The number of rotatable bonds is 6. The zero-order valence-electron chi connectivity index (χ0n) is 18.1. The van der Waals surface area contributed by atoms with Gasteiger partial charge < -0.3 is 19.7 Å². The van der Waals surface area contributed by atoms with Crippen molar-refractivity contribution < 1.29 is 14.3 Å². The summed E-state index contributed by atoms with van der Waals surface area (Å²) in [5, 5.41) is 3.90. The van der Waals surface area contributed by atoms with E-state index in [1.165, 1.54) is 0 Å². The normalized spacial score (nSPS) is 19.4. The molecular weight excluding hydrogens is 426 g/mol. The maximum atomic E-state index is 12.9. The lowest BCUT2D eigenvalue weighted by molar-refractivity contribution is -0.122. The molecule has 1 amide bonds. The number of nitrogens with zero attached hydrogens (tertiary/aromatic N) is 4. The van der Waals surface area contributed by atoms with Gasteiger partial charge in [-0.25, -0.2) is 0 Å². The van der Waals surface area contributed by atoms with Crippen LogP contribution < -0.4 is 15.0 Å². The average molecular weight is 454 g/mol. The second-order valence-electron chi connectivity index (χ2n) is 8.23. The Bertz CT molecular complexity index is 1080. The number of hydrogen-bond donors (Lipinski definition) is 1. The predicted octanol–water partition coefficient (Wildman–Crippen LogP) is 3.24. The predicted molar refractivity (Wildman–Crippen MR) is 123 cm³/mol. The number of carbonyl (C=O) groups is 1. The number of aromatic nitrogens is 3. The van der Waals surface area contributed by atoms with Crippen LogP contribution in [0.1, 0.15) is 36.9 Å². The zero-order valence-corrected chi connectivity index (χ0v) is 18.9. The quantitative estimate of drug-likeness (QED) is 0.613. The summed E-state index contributed by atoms with van der Waals surface area (Å²) in [5.74, 6) is 0.0388.